The number of hydrogen-bond acceptors (Lipinski definition) is 3. The molecular formula is C24H42N2O2. The first-order chi connectivity index (χ1) is 13.3. The summed E-state index contributed by atoms with van der Waals surface area (Å²) in [5, 5.41) is 3.14. The summed E-state index contributed by atoms with van der Waals surface area (Å²) in [6.07, 6.45) is 10.7. The van der Waals surface area contributed by atoms with Crippen LogP contribution >= 0.6 is 0 Å². The van der Waals surface area contributed by atoms with E-state index in [9.17, 15) is 4.79 Å². The Morgan fingerprint density at radius 2 is 1.86 bits per heavy atom. The van der Waals surface area contributed by atoms with Gasteiger partial charge in [0.2, 0.25) is 0 Å². The molecule has 0 bridgehead atoms. The highest BCUT2D eigenvalue weighted by Crippen LogP contribution is 2.66. The van der Waals surface area contributed by atoms with Crippen LogP contribution in [0.15, 0.2) is 0 Å². The maximum Gasteiger partial charge on any atom is 0.407 e. The SMILES string of the molecule is CCOC(=O)NC(C)[C@H]1CC[C@H]2[C@@H]3CC[C@H]4N(C)CCC[C@]4(C)[C@H]3CC[C@]12C. The molecular weight excluding hydrogens is 348 g/mol. The number of rotatable bonds is 3. The van der Waals surface area contributed by atoms with Crippen molar-refractivity contribution in [3.8, 4) is 0 Å². The van der Waals surface area contributed by atoms with Crippen LogP contribution in [0.1, 0.15) is 79.1 Å². The number of fused-ring (bicyclic) bond motifs is 5. The van der Waals surface area contributed by atoms with Crippen LogP contribution in [0.3, 0.4) is 0 Å². The number of likely N-dealkylation sites (tertiary alicyclic amines) is 1. The summed E-state index contributed by atoms with van der Waals surface area (Å²) in [7, 11) is 2.36. The number of alkyl carbamates (subject to hydrolysis) is 1. The quantitative estimate of drug-likeness (QED) is 0.731. The van der Waals surface area contributed by atoms with Gasteiger partial charge in [0.1, 0.15) is 0 Å². The number of hydrogen-bond donors (Lipinski definition) is 1. The predicted octanol–water partition coefficient (Wildman–Crippen LogP) is 5.07. The predicted molar refractivity (Wildman–Crippen MR) is 113 cm³/mol. The highest BCUT2D eigenvalue weighted by atomic mass is 16.5. The Bertz CT molecular complexity index is 595. The fraction of sp³-hybridized carbons (Fsp3) is 0.958. The first-order valence-electron chi connectivity index (χ1n) is 11.9. The van der Waals surface area contributed by atoms with Crippen LogP contribution in [0.4, 0.5) is 4.79 Å². The van der Waals surface area contributed by atoms with Crippen molar-refractivity contribution in [2.24, 2.45) is 34.5 Å². The molecule has 4 heteroatoms. The highest BCUT2D eigenvalue weighted by molar-refractivity contribution is 5.67. The van der Waals surface area contributed by atoms with Crippen LogP contribution in [0.5, 0.6) is 0 Å². The summed E-state index contributed by atoms with van der Waals surface area (Å²) in [6.45, 7) is 11.0. The number of ether oxygens (including phenoxy) is 1. The third-order valence-corrected chi connectivity index (χ3v) is 9.88. The van der Waals surface area contributed by atoms with Gasteiger partial charge in [-0.15, -0.1) is 0 Å². The van der Waals surface area contributed by atoms with Crippen LogP contribution in [0.25, 0.3) is 0 Å². The number of carbonyl (C=O) groups is 1. The normalized spacial score (nSPS) is 46.8. The molecule has 1 amide bonds. The van der Waals surface area contributed by atoms with E-state index in [0.29, 0.717) is 23.4 Å². The van der Waals surface area contributed by atoms with E-state index in [4.69, 9.17) is 4.74 Å². The monoisotopic (exact) mass is 390 g/mol. The molecule has 1 unspecified atom stereocenters. The molecule has 160 valence electrons. The van der Waals surface area contributed by atoms with Gasteiger partial charge in [-0.1, -0.05) is 13.8 Å². The first-order valence-corrected chi connectivity index (χ1v) is 11.9. The molecule has 1 N–H and O–H groups in total. The zero-order chi connectivity index (χ0) is 20.1. The molecule has 1 heterocycles. The molecule has 1 aliphatic heterocycles. The molecule has 3 saturated carbocycles. The van der Waals surface area contributed by atoms with E-state index < -0.39 is 0 Å². The second-order valence-corrected chi connectivity index (χ2v) is 10.9. The number of amides is 1. The van der Waals surface area contributed by atoms with E-state index in [2.05, 4.69) is 38.0 Å². The third kappa shape index (κ3) is 3.09. The number of carbonyl (C=O) groups excluding carboxylic acids is 1. The van der Waals surface area contributed by atoms with Gasteiger partial charge < -0.3 is 15.0 Å². The van der Waals surface area contributed by atoms with E-state index in [-0.39, 0.29) is 12.1 Å². The first kappa shape index (κ1) is 20.5. The summed E-state index contributed by atoms with van der Waals surface area (Å²) in [5.74, 6) is 3.22. The molecule has 1 saturated heterocycles. The zero-order valence-corrected chi connectivity index (χ0v) is 18.8. The van der Waals surface area contributed by atoms with E-state index >= 15 is 0 Å². The minimum atomic E-state index is -0.242. The third-order valence-electron chi connectivity index (χ3n) is 9.88. The fourth-order valence-corrected chi connectivity index (χ4v) is 8.70. The van der Waals surface area contributed by atoms with Gasteiger partial charge in [-0.3, -0.25) is 0 Å². The van der Waals surface area contributed by atoms with Crippen LogP contribution < -0.4 is 5.32 Å². The van der Waals surface area contributed by atoms with Crippen molar-refractivity contribution in [2.75, 3.05) is 20.2 Å². The van der Waals surface area contributed by atoms with Crippen molar-refractivity contribution < 1.29 is 9.53 Å². The van der Waals surface area contributed by atoms with Crippen molar-refractivity contribution >= 4 is 6.09 Å². The fourth-order valence-electron chi connectivity index (χ4n) is 8.70. The Balaban J connectivity index is 1.51. The molecule has 4 aliphatic rings. The van der Waals surface area contributed by atoms with Crippen LogP contribution in [-0.4, -0.2) is 43.3 Å². The van der Waals surface area contributed by atoms with Gasteiger partial charge in [0, 0.05) is 12.1 Å². The Labute approximate surface area is 172 Å². The number of piperidine rings is 1. The molecule has 0 aromatic carbocycles. The van der Waals surface area contributed by atoms with E-state index in [1.807, 2.05) is 6.92 Å². The highest BCUT2D eigenvalue weighted by Gasteiger charge is 2.60. The largest absolute Gasteiger partial charge is 0.450 e. The molecule has 0 spiro atoms. The van der Waals surface area contributed by atoms with Gasteiger partial charge >= 0.3 is 6.09 Å². The maximum absolute atomic E-state index is 12.0. The van der Waals surface area contributed by atoms with Crippen molar-refractivity contribution in [1.29, 1.82) is 0 Å². The Hall–Kier alpha value is -0.770. The van der Waals surface area contributed by atoms with Crippen LogP contribution in [-0.2, 0) is 4.74 Å². The second kappa shape index (κ2) is 7.49. The smallest absolute Gasteiger partial charge is 0.407 e. The minimum Gasteiger partial charge on any atom is -0.450 e. The molecule has 0 aromatic heterocycles. The average molecular weight is 391 g/mol. The van der Waals surface area contributed by atoms with Crippen LogP contribution in [0.2, 0.25) is 0 Å². The lowest BCUT2D eigenvalue weighted by Crippen LogP contribution is -2.60. The summed E-state index contributed by atoms with van der Waals surface area (Å²) >= 11 is 0. The van der Waals surface area contributed by atoms with Crippen molar-refractivity contribution in [3.05, 3.63) is 0 Å². The van der Waals surface area contributed by atoms with Crippen molar-refractivity contribution in [1.82, 2.24) is 10.2 Å². The lowest BCUT2D eigenvalue weighted by atomic mass is 9.46. The Morgan fingerprint density at radius 1 is 1.11 bits per heavy atom. The summed E-state index contributed by atoms with van der Waals surface area (Å²) in [4.78, 5) is 14.7. The minimum absolute atomic E-state index is 0.207. The average Bonchev–Trinajstić information content (AvgIpc) is 2.99. The van der Waals surface area contributed by atoms with E-state index in [1.54, 1.807) is 0 Å². The molecule has 4 rings (SSSR count). The van der Waals surface area contributed by atoms with Crippen molar-refractivity contribution in [2.45, 2.75) is 91.1 Å². The standard InChI is InChI=1S/C24H42N2O2/c1-6-28-22(27)25-16(2)18-9-10-19-17-8-11-21-24(4,13-7-15-26(21)5)20(17)12-14-23(18,19)3/h16-21H,6-15H2,1-5H3,(H,25,27)/t16?,17-,18+,19-,20-,21+,23+,24+/m0/s1. The number of nitrogens with zero attached hydrogens (tertiary/aromatic N) is 1. The molecule has 28 heavy (non-hydrogen) atoms. The van der Waals surface area contributed by atoms with E-state index in [1.165, 1.54) is 57.9 Å². The molecule has 3 aliphatic carbocycles. The van der Waals surface area contributed by atoms with Gasteiger partial charge in [-0.25, -0.2) is 4.79 Å². The van der Waals surface area contributed by atoms with Gasteiger partial charge in [-0.2, -0.15) is 0 Å². The lowest BCUT2D eigenvalue weighted by molar-refractivity contribution is -0.123. The zero-order valence-electron chi connectivity index (χ0n) is 18.8. The maximum atomic E-state index is 12.0. The summed E-state index contributed by atoms with van der Waals surface area (Å²) in [6, 6.07) is 1.01. The molecule has 4 nitrogen and oxygen atoms in total. The molecule has 4 fully saturated rings. The molecule has 0 aromatic rings. The molecule has 8 atom stereocenters. The molecule has 0 radical (unpaired) electrons. The van der Waals surface area contributed by atoms with Gasteiger partial charge in [-0.05, 0) is 113 Å². The lowest BCUT2D eigenvalue weighted by Gasteiger charge is -2.62. The number of nitrogens with one attached hydrogen (secondary N) is 1. The van der Waals surface area contributed by atoms with Gasteiger partial charge in [0.25, 0.3) is 0 Å². The van der Waals surface area contributed by atoms with Crippen LogP contribution in [0, 0.1) is 34.5 Å². The topological polar surface area (TPSA) is 41.6 Å². The Kier molecular flexibility index (Phi) is 5.48. The van der Waals surface area contributed by atoms with Crippen molar-refractivity contribution in [3.63, 3.8) is 0 Å². The summed E-state index contributed by atoms with van der Waals surface area (Å²) < 4.78 is 5.15. The van der Waals surface area contributed by atoms with Gasteiger partial charge in [0.15, 0.2) is 0 Å². The second-order valence-electron chi connectivity index (χ2n) is 10.9. The Morgan fingerprint density at radius 3 is 2.61 bits per heavy atom. The van der Waals surface area contributed by atoms with Gasteiger partial charge in [0.05, 0.1) is 6.61 Å². The summed E-state index contributed by atoms with van der Waals surface area (Å²) in [5.41, 5.74) is 0.897. The van der Waals surface area contributed by atoms with E-state index in [0.717, 1.165) is 23.8 Å².